The Bertz CT molecular complexity index is 1170. The zero-order valence-electron chi connectivity index (χ0n) is 16.6. The van der Waals surface area contributed by atoms with E-state index in [4.69, 9.17) is 14.0 Å². The Hall–Kier alpha value is -3.94. The minimum atomic E-state index is -0.170. The molecule has 0 aliphatic heterocycles. The number of carbonyl (C=O) groups excluding carboxylic acids is 1. The Morgan fingerprint density at radius 2 is 1.97 bits per heavy atom. The van der Waals surface area contributed by atoms with Crippen LogP contribution < -0.4 is 14.8 Å². The number of methoxy groups -OCH3 is 1. The number of hydrogen-bond donors (Lipinski definition) is 1. The molecule has 0 atom stereocenters. The van der Waals surface area contributed by atoms with Crippen molar-refractivity contribution in [3.8, 4) is 17.4 Å². The SMILES string of the molecule is CCc1cc(NC(=O)Cc2ccc(Oc3ccnc4ccc(OC)nc34)cc2)no1. The van der Waals surface area contributed by atoms with Crippen molar-refractivity contribution in [2.24, 2.45) is 0 Å². The Kier molecular flexibility index (Phi) is 5.56. The Labute approximate surface area is 172 Å². The van der Waals surface area contributed by atoms with Crippen molar-refractivity contribution in [2.45, 2.75) is 19.8 Å². The van der Waals surface area contributed by atoms with E-state index in [1.807, 2.05) is 25.1 Å². The van der Waals surface area contributed by atoms with Crippen molar-refractivity contribution in [1.82, 2.24) is 15.1 Å². The van der Waals surface area contributed by atoms with Crippen LogP contribution in [0.3, 0.4) is 0 Å². The van der Waals surface area contributed by atoms with Crippen LogP contribution in [0.5, 0.6) is 17.4 Å². The van der Waals surface area contributed by atoms with Gasteiger partial charge in [-0.3, -0.25) is 9.78 Å². The summed E-state index contributed by atoms with van der Waals surface area (Å²) in [6.45, 7) is 1.96. The van der Waals surface area contributed by atoms with Gasteiger partial charge in [0.1, 0.15) is 17.0 Å². The number of pyridine rings is 2. The first-order valence-electron chi connectivity index (χ1n) is 9.46. The second-order valence-electron chi connectivity index (χ2n) is 6.53. The van der Waals surface area contributed by atoms with Gasteiger partial charge in [-0.15, -0.1) is 0 Å². The number of carbonyl (C=O) groups is 1. The summed E-state index contributed by atoms with van der Waals surface area (Å²) in [7, 11) is 1.56. The summed E-state index contributed by atoms with van der Waals surface area (Å²) in [6.07, 6.45) is 2.60. The molecule has 0 fully saturated rings. The highest BCUT2D eigenvalue weighted by Crippen LogP contribution is 2.29. The lowest BCUT2D eigenvalue weighted by molar-refractivity contribution is -0.115. The maximum absolute atomic E-state index is 12.2. The fraction of sp³-hybridized carbons (Fsp3) is 0.182. The van der Waals surface area contributed by atoms with E-state index in [1.54, 1.807) is 43.6 Å². The molecule has 4 rings (SSSR count). The number of anilines is 1. The molecule has 4 aromatic rings. The van der Waals surface area contributed by atoms with Gasteiger partial charge >= 0.3 is 0 Å². The zero-order valence-corrected chi connectivity index (χ0v) is 16.6. The first-order valence-corrected chi connectivity index (χ1v) is 9.46. The molecule has 152 valence electrons. The van der Waals surface area contributed by atoms with E-state index in [0.717, 1.165) is 17.7 Å². The molecular formula is C22H20N4O4. The van der Waals surface area contributed by atoms with Crippen molar-refractivity contribution in [2.75, 3.05) is 12.4 Å². The van der Waals surface area contributed by atoms with Gasteiger partial charge in [-0.05, 0) is 23.8 Å². The Morgan fingerprint density at radius 1 is 1.13 bits per heavy atom. The summed E-state index contributed by atoms with van der Waals surface area (Å²) in [5.41, 5.74) is 2.17. The van der Waals surface area contributed by atoms with Gasteiger partial charge < -0.3 is 19.3 Å². The average Bonchev–Trinajstić information content (AvgIpc) is 3.22. The summed E-state index contributed by atoms with van der Waals surface area (Å²) >= 11 is 0. The smallest absolute Gasteiger partial charge is 0.230 e. The van der Waals surface area contributed by atoms with Crippen LogP contribution >= 0.6 is 0 Å². The summed E-state index contributed by atoms with van der Waals surface area (Å²) in [4.78, 5) is 20.9. The van der Waals surface area contributed by atoms with Gasteiger partial charge in [0.15, 0.2) is 11.6 Å². The number of fused-ring (bicyclic) bond motifs is 1. The summed E-state index contributed by atoms with van der Waals surface area (Å²) in [6, 6.07) is 14.3. The summed E-state index contributed by atoms with van der Waals surface area (Å²) in [5.74, 6) is 2.66. The van der Waals surface area contributed by atoms with Crippen molar-refractivity contribution >= 4 is 22.8 Å². The zero-order chi connectivity index (χ0) is 20.9. The van der Waals surface area contributed by atoms with E-state index in [1.165, 1.54) is 0 Å². The number of aromatic nitrogens is 3. The predicted molar refractivity (Wildman–Crippen MR) is 111 cm³/mol. The molecule has 0 aliphatic carbocycles. The van der Waals surface area contributed by atoms with Crippen LogP contribution in [-0.2, 0) is 17.6 Å². The lowest BCUT2D eigenvalue weighted by Gasteiger charge is -2.09. The molecule has 8 heteroatoms. The van der Waals surface area contributed by atoms with Crippen molar-refractivity contribution in [3.05, 3.63) is 66.1 Å². The van der Waals surface area contributed by atoms with E-state index < -0.39 is 0 Å². The van der Waals surface area contributed by atoms with Gasteiger partial charge in [0.05, 0.1) is 19.0 Å². The van der Waals surface area contributed by atoms with E-state index in [9.17, 15) is 4.79 Å². The number of hydrogen-bond acceptors (Lipinski definition) is 7. The molecule has 3 heterocycles. The molecule has 8 nitrogen and oxygen atoms in total. The van der Waals surface area contributed by atoms with Gasteiger partial charge in [0, 0.05) is 30.8 Å². The molecule has 0 radical (unpaired) electrons. The highest BCUT2D eigenvalue weighted by Gasteiger charge is 2.10. The topological polar surface area (TPSA) is 99.4 Å². The van der Waals surface area contributed by atoms with Crippen LogP contribution in [0, 0.1) is 0 Å². The van der Waals surface area contributed by atoms with E-state index in [2.05, 4.69) is 20.4 Å². The molecule has 1 amide bonds. The van der Waals surface area contributed by atoms with Gasteiger partial charge in [-0.25, -0.2) is 4.98 Å². The third kappa shape index (κ3) is 4.38. The van der Waals surface area contributed by atoms with Crippen LogP contribution in [0.1, 0.15) is 18.2 Å². The van der Waals surface area contributed by atoms with Crippen LogP contribution in [0.15, 0.2) is 59.3 Å². The summed E-state index contributed by atoms with van der Waals surface area (Å²) < 4.78 is 16.3. The highest BCUT2D eigenvalue weighted by atomic mass is 16.5. The third-order valence-corrected chi connectivity index (χ3v) is 4.42. The normalized spacial score (nSPS) is 10.7. The maximum atomic E-state index is 12.2. The molecule has 0 spiro atoms. The van der Waals surface area contributed by atoms with Gasteiger partial charge in [-0.2, -0.15) is 0 Å². The first-order chi connectivity index (χ1) is 14.6. The molecule has 3 aromatic heterocycles. The molecule has 0 saturated heterocycles. The number of benzene rings is 1. The van der Waals surface area contributed by atoms with E-state index in [-0.39, 0.29) is 12.3 Å². The van der Waals surface area contributed by atoms with Gasteiger partial charge in [0.25, 0.3) is 0 Å². The number of ether oxygens (including phenoxy) is 2. The fourth-order valence-electron chi connectivity index (χ4n) is 2.89. The monoisotopic (exact) mass is 404 g/mol. The average molecular weight is 404 g/mol. The third-order valence-electron chi connectivity index (χ3n) is 4.42. The number of nitrogens with zero attached hydrogens (tertiary/aromatic N) is 3. The van der Waals surface area contributed by atoms with Crippen molar-refractivity contribution in [1.29, 1.82) is 0 Å². The lowest BCUT2D eigenvalue weighted by Crippen LogP contribution is -2.14. The molecule has 1 N–H and O–H groups in total. The molecule has 0 aliphatic rings. The molecule has 0 unspecified atom stereocenters. The van der Waals surface area contributed by atoms with Gasteiger partial charge in [-0.1, -0.05) is 24.2 Å². The molecule has 1 aromatic carbocycles. The van der Waals surface area contributed by atoms with E-state index in [0.29, 0.717) is 34.2 Å². The minimum absolute atomic E-state index is 0.170. The molecule has 0 saturated carbocycles. The quantitative estimate of drug-likeness (QED) is 0.494. The second-order valence-corrected chi connectivity index (χ2v) is 6.53. The second kappa shape index (κ2) is 8.60. The fourth-order valence-corrected chi connectivity index (χ4v) is 2.89. The predicted octanol–water partition coefficient (Wildman–Crippen LogP) is 4.16. The maximum Gasteiger partial charge on any atom is 0.230 e. The minimum Gasteiger partial charge on any atom is -0.481 e. The lowest BCUT2D eigenvalue weighted by atomic mass is 10.1. The number of nitrogens with one attached hydrogen (secondary N) is 1. The number of rotatable bonds is 7. The summed E-state index contributed by atoms with van der Waals surface area (Å²) in [5, 5.41) is 6.55. The van der Waals surface area contributed by atoms with Crippen LogP contribution in [-0.4, -0.2) is 28.1 Å². The van der Waals surface area contributed by atoms with Gasteiger partial charge in [0.2, 0.25) is 11.8 Å². The number of aryl methyl sites for hydroxylation is 1. The van der Waals surface area contributed by atoms with Crippen LogP contribution in [0.25, 0.3) is 11.0 Å². The standard InChI is InChI=1S/C22H20N4O4/c1-3-15-13-19(26-30-15)24-20(27)12-14-4-6-16(7-5-14)29-18-10-11-23-17-8-9-21(28-2)25-22(17)18/h4-11,13H,3,12H2,1-2H3,(H,24,26,27). The van der Waals surface area contributed by atoms with Crippen molar-refractivity contribution < 1.29 is 18.8 Å². The number of amides is 1. The highest BCUT2D eigenvalue weighted by molar-refractivity contribution is 5.91. The van der Waals surface area contributed by atoms with Crippen LogP contribution in [0.4, 0.5) is 5.82 Å². The first kappa shape index (κ1) is 19.4. The van der Waals surface area contributed by atoms with E-state index >= 15 is 0 Å². The molecule has 0 bridgehead atoms. The molecular weight excluding hydrogens is 384 g/mol. The largest absolute Gasteiger partial charge is 0.481 e. The Balaban J connectivity index is 1.44. The Morgan fingerprint density at radius 3 is 2.70 bits per heavy atom. The molecule has 30 heavy (non-hydrogen) atoms. The van der Waals surface area contributed by atoms with Crippen molar-refractivity contribution in [3.63, 3.8) is 0 Å². The van der Waals surface area contributed by atoms with Crippen LogP contribution in [0.2, 0.25) is 0 Å².